The van der Waals surface area contributed by atoms with Gasteiger partial charge in [0.15, 0.2) is 5.72 Å². The van der Waals surface area contributed by atoms with Gasteiger partial charge in [-0.1, -0.05) is 0 Å². The molecule has 13 heavy (non-hydrogen) atoms. The second kappa shape index (κ2) is 2.43. The molecule has 0 aromatic carbocycles. The monoisotopic (exact) mass is 203 g/mol. The third-order valence-corrected chi connectivity index (χ3v) is 2.18. The number of imidazole rings is 1. The van der Waals surface area contributed by atoms with Gasteiger partial charge in [-0.3, -0.25) is 4.57 Å². The maximum absolute atomic E-state index is 10.3. The van der Waals surface area contributed by atoms with Gasteiger partial charge in [-0.25, -0.2) is 0 Å². The minimum atomic E-state index is -0.589. The number of aromatic nitrogens is 2. The topological polar surface area (TPSA) is 73.5 Å². The lowest BCUT2D eigenvalue weighted by Crippen LogP contribution is -2.12. The van der Waals surface area contributed by atoms with Crippen molar-refractivity contribution in [3.05, 3.63) is 21.6 Å². The highest BCUT2D eigenvalue weighted by Crippen LogP contribution is 2.35. The molecule has 1 aliphatic heterocycles. The van der Waals surface area contributed by atoms with Crippen LogP contribution in [0.4, 0.5) is 5.82 Å². The van der Waals surface area contributed by atoms with Crippen molar-refractivity contribution in [3.63, 3.8) is 0 Å². The third-order valence-electron chi connectivity index (χ3n) is 1.91. The van der Waals surface area contributed by atoms with Crippen LogP contribution in [0, 0.1) is 10.1 Å². The van der Waals surface area contributed by atoms with E-state index in [4.69, 9.17) is 16.3 Å². The van der Waals surface area contributed by atoms with Crippen LogP contribution in [0.1, 0.15) is 6.92 Å². The summed E-state index contributed by atoms with van der Waals surface area (Å²) in [4.78, 5) is 13.3. The molecule has 0 aliphatic carbocycles. The first-order chi connectivity index (χ1) is 6.03. The van der Waals surface area contributed by atoms with E-state index in [-0.39, 0.29) is 11.1 Å². The normalized spacial score (nSPS) is 26.0. The van der Waals surface area contributed by atoms with Crippen molar-refractivity contribution in [1.82, 2.24) is 9.55 Å². The number of nitrogens with zero attached hydrogens (tertiary/aromatic N) is 3. The van der Waals surface area contributed by atoms with Crippen LogP contribution in [0.3, 0.4) is 0 Å². The average Bonchev–Trinajstić information content (AvgIpc) is 2.63. The van der Waals surface area contributed by atoms with Gasteiger partial charge in [0.05, 0.1) is 6.61 Å². The number of nitro groups is 1. The minimum Gasteiger partial charge on any atom is -0.358 e. The van der Waals surface area contributed by atoms with Crippen LogP contribution in [0.2, 0.25) is 5.28 Å². The van der Waals surface area contributed by atoms with Gasteiger partial charge in [0.25, 0.3) is 0 Å². The summed E-state index contributed by atoms with van der Waals surface area (Å²) in [6.07, 6.45) is 1.27. The van der Waals surface area contributed by atoms with Crippen LogP contribution in [-0.4, -0.2) is 21.1 Å². The van der Waals surface area contributed by atoms with Gasteiger partial charge < -0.3 is 14.9 Å². The van der Waals surface area contributed by atoms with Crippen LogP contribution in [0.5, 0.6) is 0 Å². The molecule has 0 spiro atoms. The first-order valence-electron chi connectivity index (χ1n) is 3.57. The Balaban J connectivity index is 2.42. The van der Waals surface area contributed by atoms with Crippen molar-refractivity contribution in [2.24, 2.45) is 0 Å². The first-order valence-corrected chi connectivity index (χ1v) is 3.94. The number of rotatable bonds is 2. The maximum atomic E-state index is 10.3. The molecular weight excluding hydrogens is 198 g/mol. The molecule has 2 heterocycles. The SMILES string of the molecule is C[C@@]1(n2cc([N+](=O)[O-])nc2Cl)CO1. The van der Waals surface area contributed by atoms with Crippen molar-refractivity contribution < 1.29 is 9.66 Å². The van der Waals surface area contributed by atoms with E-state index in [0.29, 0.717) is 6.61 Å². The molecule has 0 bridgehead atoms. The van der Waals surface area contributed by atoms with E-state index >= 15 is 0 Å². The van der Waals surface area contributed by atoms with Crippen LogP contribution >= 0.6 is 11.6 Å². The molecule has 0 amide bonds. The van der Waals surface area contributed by atoms with Gasteiger partial charge in [0, 0.05) is 0 Å². The lowest BCUT2D eigenvalue weighted by atomic mass is 10.4. The van der Waals surface area contributed by atoms with Gasteiger partial charge in [-0.2, -0.15) is 0 Å². The molecule has 1 atom stereocenters. The number of ether oxygens (including phenoxy) is 1. The maximum Gasteiger partial charge on any atom is 0.383 e. The fraction of sp³-hybridized carbons (Fsp3) is 0.500. The summed E-state index contributed by atoms with van der Waals surface area (Å²) < 4.78 is 6.52. The molecule has 0 N–H and O–H groups in total. The van der Waals surface area contributed by atoms with E-state index in [0.717, 1.165) is 0 Å². The van der Waals surface area contributed by atoms with E-state index in [1.807, 2.05) is 0 Å². The Labute approximate surface area is 78.2 Å². The second-order valence-electron chi connectivity index (χ2n) is 2.96. The number of halogens is 1. The van der Waals surface area contributed by atoms with E-state index < -0.39 is 10.6 Å². The first kappa shape index (κ1) is 8.46. The highest BCUT2D eigenvalue weighted by atomic mass is 35.5. The van der Waals surface area contributed by atoms with Crippen molar-refractivity contribution >= 4 is 17.4 Å². The molecule has 1 aliphatic rings. The Morgan fingerprint density at radius 2 is 2.54 bits per heavy atom. The molecule has 7 heteroatoms. The van der Waals surface area contributed by atoms with Crippen LogP contribution in [0.15, 0.2) is 6.20 Å². The molecule has 70 valence electrons. The predicted molar refractivity (Wildman–Crippen MR) is 43.5 cm³/mol. The second-order valence-corrected chi connectivity index (χ2v) is 3.30. The summed E-state index contributed by atoms with van der Waals surface area (Å²) in [6.45, 7) is 2.28. The summed E-state index contributed by atoms with van der Waals surface area (Å²) in [6, 6.07) is 0. The molecule has 1 aromatic rings. The van der Waals surface area contributed by atoms with Crippen LogP contribution in [-0.2, 0) is 10.5 Å². The van der Waals surface area contributed by atoms with E-state index in [1.54, 1.807) is 6.92 Å². The Morgan fingerprint density at radius 1 is 1.92 bits per heavy atom. The van der Waals surface area contributed by atoms with E-state index in [9.17, 15) is 10.1 Å². The summed E-state index contributed by atoms with van der Waals surface area (Å²) >= 11 is 5.68. The molecule has 0 unspecified atom stereocenters. The van der Waals surface area contributed by atoms with E-state index in [1.165, 1.54) is 10.8 Å². The fourth-order valence-electron chi connectivity index (χ4n) is 1.01. The Bertz CT molecular complexity index is 371. The average molecular weight is 204 g/mol. The standard InChI is InChI=1S/C6H6ClN3O3/c1-6(3-13-6)9-2-4(10(11)12)8-5(9)7/h2H,3H2,1H3/t6-/m0/s1. The summed E-state index contributed by atoms with van der Waals surface area (Å²) in [5, 5.41) is 10.4. The van der Waals surface area contributed by atoms with Crippen molar-refractivity contribution in [1.29, 1.82) is 0 Å². The lowest BCUT2D eigenvalue weighted by Gasteiger charge is -2.03. The smallest absolute Gasteiger partial charge is 0.358 e. The lowest BCUT2D eigenvalue weighted by molar-refractivity contribution is -0.389. The summed E-state index contributed by atoms with van der Waals surface area (Å²) in [5.41, 5.74) is -0.543. The molecular formula is C6H6ClN3O3. The Morgan fingerprint density at radius 3 is 2.92 bits per heavy atom. The quantitative estimate of drug-likeness (QED) is 0.411. The fourth-order valence-corrected chi connectivity index (χ4v) is 1.32. The highest BCUT2D eigenvalue weighted by molar-refractivity contribution is 6.28. The zero-order valence-electron chi connectivity index (χ0n) is 6.73. The van der Waals surface area contributed by atoms with Crippen molar-refractivity contribution in [3.8, 4) is 0 Å². The number of hydrogen-bond donors (Lipinski definition) is 0. The Hall–Kier alpha value is -1.14. The van der Waals surface area contributed by atoms with Gasteiger partial charge >= 0.3 is 11.1 Å². The summed E-state index contributed by atoms with van der Waals surface area (Å²) in [7, 11) is 0. The minimum absolute atomic E-state index is 0.0756. The Kier molecular flexibility index (Phi) is 1.58. The molecule has 1 saturated heterocycles. The largest absolute Gasteiger partial charge is 0.383 e. The van der Waals surface area contributed by atoms with Gasteiger partial charge in [0.1, 0.15) is 6.20 Å². The zero-order chi connectivity index (χ0) is 9.64. The zero-order valence-corrected chi connectivity index (χ0v) is 7.48. The molecule has 1 aromatic heterocycles. The van der Waals surface area contributed by atoms with Crippen LogP contribution in [0.25, 0.3) is 0 Å². The molecule has 1 fully saturated rings. The van der Waals surface area contributed by atoms with Gasteiger partial charge in [0.2, 0.25) is 0 Å². The molecule has 6 nitrogen and oxygen atoms in total. The molecule has 0 radical (unpaired) electrons. The highest BCUT2D eigenvalue weighted by Gasteiger charge is 2.45. The summed E-state index contributed by atoms with van der Waals surface area (Å²) in [5.74, 6) is -0.262. The van der Waals surface area contributed by atoms with Gasteiger partial charge in [-0.15, -0.1) is 0 Å². The van der Waals surface area contributed by atoms with Gasteiger partial charge in [-0.05, 0) is 28.4 Å². The molecule has 2 rings (SSSR count). The number of epoxide rings is 1. The third kappa shape index (κ3) is 1.27. The van der Waals surface area contributed by atoms with E-state index in [2.05, 4.69) is 4.98 Å². The predicted octanol–water partition coefficient (Wildman–Crippen LogP) is 1.15. The molecule has 0 saturated carbocycles. The number of hydrogen-bond acceptors (Lipinski definition) is 4. The van der Waals surface area contributed by atoms with Crippen molar-refractivity contribution in [2.45, 2.75) is 12.6 Å². The van der Waals surface area contributed by atoms with Crippen molar-refractivity contribution in [2.75, 3.05) is 6.61 Å². The van der Waals surface area contributed by atoms with Crippen LogP contribution < -0.4 is 0 Å².